The molecule has 150 valence electrons. The highest BCUT2D eigenvalue weighted by Crippen LogP contribution is 2.69. The van der Waals surface area contributed by atoms with Crippen molar-refractivity contribution in [1.29, 1.82) is 0 Å². The third-order valence-electron chi connectivity index (χ3n) is 2.87. The second-order valence-corrected chi connectivity index (χ2v) is 9.14. The van der Waals surface area contributed by atoms with Gasteiger partial charge in [-0.2, -0.15) is 8.62 Å². The minimum absolute atomic E-state index is 2.27. The number of phosphoric acid groups is 3. The van der Waals surface area contributed by atoms with Crippen LogP contribution in [0.1, 0.15) is 0 Å². The monoisotopic (exact) mass is 436 g/mol. The number of hydrogen-bond acceptors (Lipinski definition) is 12. The molecule has 0 spiro atoms. The van der Waals surface area contributed by atoms with Gasteiger partial charge in [-0.1, -0.05) is 0 Å². The average molecular weight is 436 g/mol. The Morgan fingerprint density at radius 3 is 1.28 bits per heavy atom. The fraction of sp³-hybridized carbons (Fsp3) is 1.00. The van der Waals surface area contributed by atoms with Crippen LogP contribution < -0.4 is 0 Å². The molecule has 0 unspecified atom stereocenters. The first-order chi connectivity index (χ1) is 10.9. The first kappa shape index (κ1) is 23.2. The molecule has 0 aliphatic heterocycles. The standard InChI is InChI=1S/C6H15O16P3/c7-1-2(8)4(10)6(12,5(11)3(1)9)20-25(19,21-23(13,14)15)22-24(16,17)18/h1-5,7-12H,(H2,13,14,15)(H2,16,17,18)/t1-,2-,3+,4-,5-,6-/m1/s1. The lowest BCUT2D eigenvalue weighted by Crippen LogP contribution is -2.71. The summed E-state index contributed by atoms with van der Waals surface area (Å²) in [4.78, 5) is 34.4. The van der Waals surface area contributed by atoms with Crippen molar-refractivity contribution in [1.82, 2.24) is 0 Å². The maximum Gasteiger partial charge on any atom is 0.495 e. The van der Waals surface area contributed by atoms with Gasteiger partial charge < -0.3 is 50.2 Å². The smallest absolute Gasteiger partial charge is 0.387 e. The molecule has 1 rings (SSSR count). The Kier molecular flexibility index (Phi) is 6.77. The topological polar surface area (TPSA) is 281 Å². The van der Waals surface area contributed by atoms with Gasteiger partial charge in [0.05, 0.1) is 0 Å². The number of hydrogen-bond donors (Lipinski definition) is 10. The van der Waals surface area contributed by atoms with Crippen LogP contribution >= 0.6 is 23.5 Å². The third-order valence-corrected chi connectivity index (χ3v) is 6.68. The van der Waals surface area contributed by atoms with E-state index in [1.54, 1.807) is 0 Å². The van der Waals surface area contributed by atoms with Gasteiger partial charge in [-0.15, -0.1) is 0 Å². The molecule has 0 bridgehead atoms. The lowest BCUT2D eigenvalue weighted by atomic mass is 9.82. The van der Waals surface area contributed by atoms with Crippen molar-refractivity contribution in [2.45, 2.75) is 36.3 Å². The molecule has 1 saturated carbocycles. The summed E-state index contributed by atoms with van der Waals surface area (Å²) in [5, 5.41) is 57.5. The highest BCUT2D eigenvalue weighted by Gasteiger charge is 2.63. The fourth-order valence-corrected chi connectivity index (χ4v) is 5.15. The van der Waals surface area contributed by atoms with Crippen molar-refractivity contribution in [2.75, 3.05) is 0 Å². The highest BCUT2D eigenvalue weighted by molar-refractivity contribution is 7.66. The first-order valence-electron chi connectivity index (χ1n) is 5.89. The molecule has 0 amide bonds. The Morgan fingerprint density at radius 1 is 0.680 bits per heavy atom. The quantitative estimate of drug-likeness (QED) is 0.140. The van der Waals surface area contributed by atoms with Gasteiger partial charge in [0.1, 0.15) is 30.5 Å². The van der Waals surface area contributed by atoms with Gasteiger partial charge in [0.2, 0.25) is 5.79 Å². The van der Waals surface area contributed by atoms with E-state index < -0.39 is 59.8 Å². The summed E-state index contributed by atoms with van der Waals surface area (Å²) in [5.74, 6) is -3.81. The molecular formula is C6H15O16P3. The summed E-state index contributed by atoms with van der Waals surface area (Å²) in [6.45, 7) is 0. The molecule has 16 nitrogen and oxygen atoms in total. The Hall–Kier alpha value is 0.170. The second kappa shape index (κ2) is 7.30. The predicted molar refractivity (Wildman–Crippen MR) is 69.9 cm³/mol. The molecule has 1 aliphatic carbocycles. The summed E-state index contributed by atoms with van der Waals surface area (Å²) >= 11 is 0. The minimum atomic E-state index is -6.14. The van der Waals surface area contributed by atoms with Crippen LogP contribution in [0.5, 0.6) is 0 Å². The summed E-state index contributed by atoms with van der Waals surface area (Å²) in [5.41, 5.74) is 0. The first-order valence-corrected chi connectivity index (χ1v) is 10.4. The van der Waals surface area contributed by atoms with Crippen molar-refractivity contribution in [3.63, 3.8) is 0 Å². The molecule has 0 aromatic carbocycles. The summed E-state index contributed by atoms with van der Waals surface area (Å²) in [6.07, 6.45) is -12.8. The molecule has 0 aromatic heterocycles. The zero-order valence-corrected chi connectivity index (χ0v) is 14.3. The van der Waals surface area contributed by atoms with Crippen LogP contribution in [0.15, 0.2) is 0 Å². The minimum Gasteiger partial charge on any atom is -0.387 e. The van der Waals surface area contributed by atoms with Gasteiger partial charge in [-0.05, 0) is 0 Å². The van der Waals surface area contributed by atoms with E-state index in [4.69, 9.17) is 19.6 Å². The van der Waals surface area contributed by atoms with Gasteiger partial charge in [0.15, 0.2) is 0 Å². The van der Waals surface area contributed by atoms with Gasteiger partial charge >= 0.3 is 23.5 Å². The molecule has 0 radical (unpaired) electrons. The molecule has 6 atom stereocenters. The molecule has 25 heavy (non-hydrogen) atoms. The molecule has 0 saturated heterocycles. The Morgan fingerprint density at radius 2 is 1.00 bits per heavy atom. The SMILES string of the molecule is O=P(O)(O)OP(=O)(O[C@]1(O)[C@H](O)[C@H](O)[C@@H](O)[C@H](O)[C@H]1O)OP(=O)(O)O. The predicted octanol–water partition coefficient (Wildman–Crippen LogP) is -4.16. The van der Waals surface area contributed by atoms with Crippen molar-refractivity contribution in [2.24, 2.45) is 0 Å². The zero-order chi connectivity index (χ0) is 20.0. The fourth-order valence-electron chi connectivity index (χ4n) is 1.84. The number of aliphatic hydroxyl groups is 6. The van der Waals surface area contributed by atoms with Gasteiger partial charge in [-0.3, -0.25) is 0 Å². The summed E-state index contributed by atoms with van der Waals surface area (Å²) < 4.78 is 44.4. The maximum absolute atomic E-state index is 12.0. The van der Waals surface area contributed by atoms with E-state index in [1.165, 1.54) is 0 Å². The van der Waals surface area contributed by atoms with Gasteiger partial charge in [-0.25, -0.2) is 18.2 Å². The van der Waals surface area contributed by atoms with Crippen LogP contribution in [0.2, 0.25) is 0 Å². The van der Waals surface area contributed by atoms with E-state index in [2.05, 4.69) is 13.1 Å². The Labute approximate surface area is 137 Å². The van der Waals surface area contributed by atoms with Crippen LogP contribution in [0.25, 0.3) is 0 Å². The number of rotatable bonds is 6. The van der Waals surface area contributed by atoms with Crippen LogP contribution in [0.4, 0.5) is 0 Å². The van der Waals surface area contributed by atoms with Crippen molar-refractivity contribution in [3.05, 3.63) is 0 Å². The van der Waals surface area contributed by atoms with Crippen LogP contribution in [0.3, 0.4) is 0 Å². The van der Waals surface area contributed by atoms with Crippen molar-refractivity contribution in [3.8, 4) is 0 Å². The molecule has 10 N–H and O–H groups in total. The molecule has 1 aliphatic rings. The largest absolute Gasteiger partial charge is 0.495 e. The Bertz CT molecular complexity index is 577. The Balaban J connectivity index is 3.31. The summed E-state index contributed by atoms with van der Waals surface area (Å²) in [6, 6.07) is 0. The number of aliphatic hydroxyl groups excluding tert-OH is 5. The molecule has 19 heteroatoms. The van der Waals surface area contributed by atoms with E-state index in [9.17, 15) is 44.3 Å². The van der Waals surface area contributed by atoms with Crippen LogP contribution in [-0.4, -0.2) is 86.5 Å². The maximum atomic E-state index is 12.0. The van der Waals surface area contributed by atoms with Crippen molar-refractivity contribution >= 4 is 23.5 Å². The highest BCUT2D eigenvalue weighted by atomic mass is 31.3. The van der Waals surface area contributed by atoms with Gasteiger partial charge in [0.25, 0.3) is 0 Å². The van der Waals surface area contributed by atoms with E-state index in [0.717, 1.165) is 0 Å². The van der Waals surface area contributed by atoms with Gasteiger partial charge in [0, 0.05) is 0 Å². The molecule has 1 fully saturated rings. The average Bonchev–Trinajstić information content (AvgIpc) is 2.36. The third kappa shape index (κ3) is 5.57. The van der Waals surface area contributed by atoms with E-state index >= 15 is 0 Å². The van der Waals surface area contributed by atoms with Crippen LogP contribution in [0, 0.1) is 0 Å². The molecule has 0 heterocycles. The van der Waals surface area contributed by atoms with E-state index in [1.807, 2.05) is 0 Å². The van der Waals surface area contributed by atoms with Crippen molar-refractivity contribution < 1.29 is 77.1 Å². The summed E-state index contributed by atoms with van der Waals surface area (Å²) in [7, 11) is -17.9. The van der Waals surface area contributed by atoms with E-state index in [0.29, 0.717) is 0 Å². The second-order valence-electron chi connectivity index (χ2n) is 4.80. The van der Waals surface area contributed by atoms with E-state index in [-0.39, 0.29) is 0 Å². The lowest BCUT2D eigenvalue weighted by molar-refractivity contribution is -0.336. The zero-order valence-electron chi connectivity index (χ0n) is 11.7. The van der Waals surface area contributed by atoms with Crippen LogP contribution in [-0.2, 0) is 26.8 Å². The molecular weight excluding hydrogens is 421 g/mol. The lowest BCUT2D eigenvalue weighted by Gasteiger charge is -2.47. The molecule has 0 aromatic rings. The normalized spacial score (nSPS) is 37.9.